The molecule has 0 fully saturated rings. The highest BCUT2D eigenvalue weighted by atomic mass is 16.4. The summed E-state index contributed by atoms with van der Waals surface area (Å²) >= 11 is 0. The summed E-state index contributed by atoms with van der Waals surface area (Å²) in [7, 11) is 0. The first-order chi connectivity index (χ1) is 10.7. The Kier molecular flexibility index (Phi) is 3.92. The summed E-state index contributed by atoms with van der Waals surface area (Å²) < 4.78 is 5.31. The monoisotopic (exact) mass is 295 g/mol. The van der Waals surface area contributed by atoms with E-state index in [4.69, 9.17) is 4.42 Å². The Morgan fingerprint density at radius 1 is 1.14 bits per heavy atom. The zero-order chi connectivity index (χ0) is 15.5. The molecule has 22 heavy (non-hydrogen) atoms. The van der Waals surface area contributed by atoms with E-state index < -0.39 is 5.63 Å². The van der Waals surface area contributed by atoms with Crippen LogP contribution in [0.5, 0.6) is 0 Å². The first kappa shape index (κ1) is 14.3. The van der Waals surface area contributed by atoms with E-state index in [2.05, 4.69) is 5.32 Å². The minimum Gasteiger partial charge on any atom is -0.422 e. The lowest BCUT2D eigenvalue weighted by Gasteiger charge is -2.06. The topological polar surface area (TPSA) is 59.3 Å². The fraction of sp³-hybridized carbons (Fsp3) is 0.222. The van der Waals surface area contributed by atoms with Crippen molar-refractivity contribution in [3.63, 3.8) is 0 Å². The number of hydrogen-bond acceptors (Lipinski definition) is 3. The van der Waals surface area contributed by atoms with Gasteiger partial charge in [-0.3, -0.25) is 4.79 Å². The lowest BCUT2D eigenvalue weighted by molar-refractivity contribution is 0.0949. The third-order valence-electron chi connectivity index (χ3n) is 3.70. The van der Waals surface area contributed by atoms with E-state index in [0.717, 1.165) is 29.0 Å². The summed E-state index contributed by atoms with van der Waals surface area (Å²) in [5.74, 6) is -0.378. The third kappa shape index (κ3) is 2.60. The van der Waals surface area contributed by atoms with Crippen molar-refractivity contribution < 1.29 is 9.21 Å². The average molecular weight is 295 g/mol. The molecule has 1 aromatic heterocycles. The minimum absolute atomic E-state index is 0.0555. The van der Waals surface area contributed by atoms with E-state index in [0.29, 0.717) is 12.1 Å². The summed E-state index contributed by atoms with van der Waals surface area (Å²) in [6.45, 7) is 2.60. The maximum Gasteiger partial charge on any atom is 0.349 e. The van der Waals surface area contributed by atoms with Crippen LogP contribution in [0.4, 0.5) is 0 Å². The second-order valence-electron chi connectivity index (χ2n) is 5.26. The van der Waals surface area contributed by atoms with Crippen LogP contribution in [0.2, 0.25) is 0 Å². The highest BCUT2D eigenvalue weighted by Gasteiger charge is 2.14. The van der Waals surface area contributed by atoms with Crippen LogP contribution in [0, 0.1) is 0 Å². The Hall–Kier alpha value is -2.62. The van der Waals surface area contributed by atoms with E-state index in [1.807, 2.05) is 37.3 Å². The zero-order valence-corrected chi connectivity index (χ0v) is 12.4. The highest BCUT2D eigenvalue weighted by molar-refractivity contribution is 6.07. The molecule has 3 rings (SSSR count). The van der Waals surface area contributed by atoms with Crippen LogP contribution in [0.1, 0.15) is 30.1 Å². The maximum absolute atomic E-state index is 12.1. The van der Waals surface area contributed by atoms with Gasteiger partial charge in [0, 0.05) is 11.9 Å². The van der Waals surface area contributed by atoms with Gasteiger partial charge in [0.2, 0.25) is 0 Å². The van der Waals surface area contributed by atoms with Crippen LogP contribution < -0.4 is 10.9 Å². The van der Waals surface area contributed by atoms with Gasteiger partial charge in [-0.05, 0) is 29.3 Å². The molecule has 4 heteroatoms. The summed E-state index contributed by atoms with van der Waals surface area (Å²) in [6, 6.07) is 13.1. The predicted molar refractivity (Wildman–Crippen MR) is 87.2 cm³/mol. The molecule has 0 aliphatic carbocycles. The lowest BCUT2D eigenvalue weighted by atomic mass is 10.0. The molecule has 1 amide bonds. The first-order valence-corrected chi connectivity index (χ1v) is 7.44. The number of hydrogen-bond donors (Lipinski definition) is 1. The molecule has 112 valence electrons. The van der Waals surface area contributed by atoms with Gasteiger partial charge in [-0.1, -0.05) is 43.7 Å². The fourth-order valence-electron chi connectivity index (χ4n) is 2.50. The van der Waals surface area contributed by atoms with Gasteiger partial charge in [0.05, 0.1) is 0 Å². The largest absolute Gasteiger partial charge is 0.422 e. The minimum atomic E-state index is -0.600. The van der Waals surface area contributed by atoms with E-state index in [1.165, 1.54) is 0 Å². The molecule has 0 saturated heterocycles. The van der Waals surface area contributed by atoms with Gasteiger partial charge in [0.25, 0.3) is 5.91 Å². The van der Waals surface area contributed by atoms with Crippen LogP contribution in [0.15, 0.2) is 51.7 Å². The Labute approximate surface area is 127 Å². The third-order valence-corrected chi connectivity index (χ3v) is 3.70. The standard InChI is InChI=1S/C18H17NO3/c1-2-3-10-19-17(20)15-11-14-13-7-5-4-6-12(13)8-9-16(14)22-18(15)21/h4-9,11H,2-3,10H2,1H3,(H,19,20). The average Bonchev–Trinajstić information content (AvgIpc) is 2.54. The van der Waals surface area contributed by atoms with E-state index in [-0.39, 0.29) is 11.5 Å². The van der Waals surface area contributed by atoms with Crippen LogP contribution in [0.25, 0.3) is 21.7 Å². The number of carbonyl (C=O) groups is 1. The molecule has 0 aliphatic heterocycles. The molecule has 0 aliphatic rings. The van der Waals surface area contributed by atoms with Gasteiger partial charge in [-0.2, -0.15) is 0 Å². The number of unbranched alkanes of at least 4 members (excludes halogenated alkanes) is 1. The Morgan fingerprint density at radius 3 is 2.77 bits per heavy atom. The Bertz CT molecular complexity index is 896. The molecule has 0 saturated carbocycles. The summed E-state index contributed by atoms with van der Waals surface area (Å²) in [6.07, 6.45) is 1.87. The van der Waals surface area contributed by atoms with Crippen LogP contribution in [-0.4, -0.2) is 12.5 Å². The number of benzene rings is 2. The normalized spacial score (nSPS) is 11.0. The van der Waals surface area contributed by atoms with Crippen molar-refractivity contribution in [3.05, 3.63) is 58.4 Å². The van der Waals surface area contributed by atoms with Crippen molar-refractivity contribution in [2.24, 2.45) is 0 Å². The van der Waals surface area contributed by atoms with Gasteiger partial charge in [-0.25, -0.2) is 4.79 Å². The van der Waals surface area contributed by atoms with Gasteiger partial charge in [0.15, 0.2) is 0 Å². The molecule has 1 heterocycles. The van der Waals surface area contributed by atoms with Crippen LogP contribution >= 0.6 is 0 Å². The SMILES string of the molecule is CCCCNC(=O)c1cc2c(ccc3ccccc32)oc1=O. The van der Waals surface area contributed by atoms with E-state index in [1.54, 1.807) is 12.1 Å². The van der Waals surface area contributed by atoms with Crippen molar-refractivity contribution in [1.29, 1.82) is 0 Å². The fourth-order valence-corrected chi connectivity index (χ4v) is 2.50. The van der Waals surface area contributed by atoms with Crippen molar-refractivity contribution in [2.75, 3.05) is 6.54 Å². The smallest absolute Gasteiger partial charge is 0.349 e. The molecular formula is C18H17NO3. The van der Waals surface area contributed by atoms with Gasteiger partial charge in [-0.15, -0.1) is 0 Å². The first-order valence-electron chi connectivity index (χ1n) is 7.44. The molecule has 0 spiro atoms. The maximum atomic E-state index is 12.1. The van der Waals surface area contributed by atoms with E-state index in [9.17, 15) is 9.59 Å². The summed E-state index contributed by atoms with van der Waals surface area (Å²) in [5.41, 5.74) is -0.0504. The Balaban J connectivity index is 2.11. The van der Waals surface area contributed by atoms with Gasteiger partial charge in [0.1, 0.15) is 11.1 Å². The van der Waals surface area contributed by atoms with Crippen molar-refractivity contribution in [2.45, 2.75) is 19.8 Å². The molecular weight excluding hydrogens is 278 g/mol. The summed E-state index contributed by atoms with van der Waals surface area (Å²) in [5, 5.41) is 5.54. The number of fused-ring (bicyclic) bond motifs is 3. The number of nitrogens with one attached hydrogen (secondary N) is 1. The van der Waals surface area contributed by atoms with Crippen LogP contribution in [0.3, 0.4) is 0 Å². The second-order valence-corrected chi connectivity index (χ2v) is 5.26. The zero-order valence-electron chi connectivity index (χ0n) is 12.4. The van der Waals surface area contributed by atoms with Crippen molar-refractivity contribution >= 4 is 27.6 Å². The molecule has 0 bridgehead atoms. The van der Waals surface area contributed by atoms with Crippen LogP contribution in [-0.2, 0) is 0 Å². The molecule has 0 unspecified atom stereocenters. The number of rotatable bonds is 4. The van der Waals surface area contributed by atoms with Crippen molar-refractivity contribution in [1.82, 2.24) is 5.32 Å². The van der Waals surface area contributed by atoms with Gasteiger partial charge >= 0.3 is 5.63 Å². The quantitative estimate of drug-likeness (QED) is 0.455. The summed E-state index contributed by atoms with van der Waals surface area (Å²) in [4.78, 5) is 24.2. The Morgan fingerprint density at radius 2 is 1.95 bits per heavy atom. The lowest BCUT2D eigenvalue weighted by Crippen LogP contribution is -2.28. The molecule has 0 atom stereocenters. The highest BCUT2D eigenvalue weighted by Crippen LogP contribution is 2.24. The number of carbonyl (C=O) groups excluding carboxylic acids is 1. The van der Waals surface area contributed by atoms with E-state index >= 15 is 0 Å². The molecule has 2 aromatic carbocycles. The van der Waals surface area contributed by atoms with Gasteiger partial charge < -0.3 is 9.73 Å². The number of amides is 1. The second kappa shape index (κ2) is 6.02. The molecule has 1 N–H and O–H groups in total. The molecule has 4 nitrogen and oxygen atoms in total. The van der Waals surface area contributed by atoms with Crippen molar-refractivity contribution in [3.8, 4) is 0 Å². The molecule has 3 aromatic rings. The predicted octanol–water partition coefficient (Wildman–Crippen LogP) is 3.48. The molecule has 0 radical (unpaired) electrons.